The number of nitrogens with zero attached hydrogens (tertiary/aromatic N) is 5. The van der Waals surface area contributed by atoms with E-state index in [4.69, 9.17) is 0 Å². The van der Waals surface area contributed by atoms with Gasteiger partial charge in [-0.05, 0) is 55.4 Å². The summed E-state index contributed by atoms with van der Waals surface area (Å²) < 4.78 is 29.3. The molecule has 2 aromatic rings. The first-order valence-corrected chi connectivity index (χ1v) is 12.6. The first-order valence-electron chi connectivity index (χ1n) is 11.1. The normalized spacial score (nSPS) is 18.0. The molecule has 9 nitrogen and oxygen atoms in total. The number of nitrogens with one attached hydrogen (secondary N) is 1. The van der Waals surface area contributed by atoms with Gasteiger partial charge in [-0.15, -0.1) is 0 Å². The third kappa shape index (κ3) is 3.66. The van der Waals surface area contributed by atoms with Crippen LogP contribution in [0.3, 0.4) is 0 Å². The zero-order valence-corrected chi connectivity index (χ0v) is 19.3. The number of rotatable bonds is 5. The molecule has 1 aromatic heterocycles. The third-order valence-electron chi connectivity index (χ3n) is 6.40. The molecule has 0 saturated carbocycles. The molecule has 3 aliphatic heterocycles. The first kappa shape index (κ1) is 21.0. The molecule has 1 fully saturated rings. The van der Waals surface area contributed by atoms with Crippen molar-refractivity contribution < 1.29 is 13.2 Å². The van der Waals surface area contributed by atoms with E-state index in [1.54, 1.807) is 28.1 Å². The van der Waals surface area contributed by atoms with Crippen molar-refractivity contribution in [1.82, 2.24) is 9.97 Å². The van der Waals surface area contributed by atoms with Gasteiger partial charge < -0.3 is 14.7 Å². The molecule has 0 bridgehead atoms. The summed E-state index contributed by atoms with van der Waals surface area (Å²) in [6.45, 7) is 2.44. The number of anilines is 4. The number of carbonyl (C=O) groups is 1. The maximum Gasteiger partial charge on any atom is 0.262 e. The SMILES string of the molecule is CN(C)c1nc(N2CCCCC2)ncc1NS(=O)(=O)c1cc2c3c(c1)CCN3C(=O)CC2. The van der Waals surface area contributed by atoms with Crippen LogP contribution in [-0.4, -0.2) is 58.0 Å². The van der Waals surface area contributed by atoms with Crippen LogP contribution in [0.4, 0.5) is 23.1 Å². The van der Waals surface area contributed by atoms with E-state index < -0.39 is 10.0 Å². The molecule has 170 valence electrons. The van der Waals surface area contributed by atoms with E-state index in [0.29, 0.717) is 43.3 Å². The van der Waals surface area contributed by atoms with Crippen LogP contribution in [-0.2, 0) is 27.7 Å². The van der Waals surface area contributed by atoms with Gasteiger partial charge in [0.1, 0.15) is 5.69 Å². The van der Waals surface area contributed by atoms with Crippen molar-refractivity contribution in [1.29, 1.82) is 0 Å². The van der Waals surface area contributed by atoms with Gasteiger partial charge in [0.2, 0.25) is 11.9 Å². The number of aryl methyl sites for hydroxylation is 1. The molecule has 1 saturated heterocycles. The lowest BCUT2D eigenvalue weighted by atomic mass is 10.00. The van der Waals surface area contributed by atoms with Gasteiger partial charge >= 0.3 is 0 Å². The molecule has 3 aliphatic rings. The van der Waals surface area contributed by atoms with Crippen LogP contribution in [0, 0.1) is 0 Å². The van der Waals surface area contributed by atoms with Crippen molar-refractivity contribution >= 4 is 39.1 Å². The number of sulfonamides is 1. The van der Waals surface area contributed by atoms with E-state index in [1.165, 1.54) is 6.42 Å². The second-order valence-electron chi connectivity index (χ2n) is 8.84. The standard InChI is InChI=1S/C22H28N6O3S/c1-26(2)21-18(14-23-22(24-21)27-9-4-3-5-10-27)25-32(30,31)17-12-15-6-7-19(29)28-11-8-16(13-17)20(15)28/h12-14,25H,3-11H2,1-2H3. The Morgan fingerprint density at radius 2 is 1.72 bits per heavy atom. The van der Waals surface area contributed by atoms with Gasteiger partial charge in [0.15, 0.2) is 5.82 Å². The molecule has 1 N–H and O–H groups in total. The minimum absolute atomic E-state index is 0.117. The van der Waals surface area contributed by atoms with Crippen molar-refractivity contribution in [2.45, 2.75) is 43.4 Å². The summed E-state index contributed by atoms with van der Waals surface area (Å²) in [5.74, 6) is 1.28. The van der Waals surface area contributed by atoms with Gasteiger partial charge in [0, 0.05) is 40.2 Å². The Morgan fingerprint density at radius 1 is 1.00 bits per heavy atom. The highest BCUT2D eigenvalue weighted by molar-refractivity contribution is 7.92. The summed E-state index contributed by atoms with van der Waals surface area (Å²) in [6.07, 6.45) is 6.65. The molecule has 0 unspecified atom stereocenters. The lowest BCUT2D eigenvalue weighted by Gasteiger charge is -2.28. The summed E-state index contributed by atoms with van der Waals surface area (Å²) in [6, 6.07) is 3.39. The van der Waals surface area contributed by atoms with Crippen molar-refractivity contribution in [2.24, 2.45) is 0 Å². The second-order valence-corrected chi connectivity index (χ2v) is 10.5. The predicted molar refractivity (Wildman–Crippen MR) is 124 cm³/mol. The quantitative estimate of drug-likeness (QED) is 0.736. The maximum absolute atomic E-state index is 13.3. The Labute approximate surface area is 188 Å². The van der Waals surface area contributed by atoms with Gasteiger partial charge in [-0.1, -0.05) is 0 Å². The van der Waals surface area contributed by atoms with Crippen LogP contribution in [0.2, 0.25) is 0 Å². The van der Waals surface area contributed by atoms with Crippen LogP contribution >= 0.6 is 0 Å². The Hall–Kier alpha value is -2.88. The minimum Gasteiger partial charge on any atom is -0.361 e. The molecule has 0 aliphatic carbocycles. The van der Waals surface area contributed by atoms with E-state index in [9.17, 15) is 13.2 Å². The number of hydrogen-bond acceptors (Lipinski definition) is 7. The molecule has 32 heavy (non-hydrogen) atoms. The Balaban J connectivity index is 1.47. The second kappa shape index (κ2) is 7.91. The summed E-state index contributed by atoms with van der Waals surface area (Å²) in [7, 11) is -0.165. The molecular weight excluding hydrogens is 428 g/mol. The number of piperidine rings is 1. The average Bonchev–Trinajstić information content (AvgIpc) is 3.22. The van der Waals surface area contributed by atoms with Crippen molar-refractivity contribution in [2.75, 3.05) is 53.2 Å². The molecule has 0 atom stereocenters. The van der Waals surface area contributed by atoms with E-state index in [2.05, 4.69) is 19.6 Å². The smallest absolute Gasteiger partial charge is 0.262 e. The Bertz CT molecular complexity index is 1170. The Morgan fingerprint density at radius 3 is 2.44 bits per heavy atom. The highest BCUT2D eigenvalue weighted by atomic mass is 32.2. The number of benzene rings is 1. The van der Waals surface area contributed by atoms with Gasteiger partial charge in [0.25, 0.3) is 10.0 Å². The molecule has 10 heteroatoms. The summed E-state index contributed by atoms with van der Waals surface area (Å²) in [4.78, 5) is 27.2. The van der Waals surface area contributed by atoms with Crippen LogP contribution in [0.25, 0.3) is 0 Å². The highest BCUT2D eigenvalue weighted by Gasteiger charge is 2.33. The van der Waals surface area contributed by atoms with E-state index in [1.807, 2.05) is 14.1 Å². The highest BCUT2D eigenvalue weighted by Crippen LogP contribution is 2.39. The molecule has 1 amide bonds. The van der Waals surface area contributed by atoms with Gasteiger partial charge in [-0.3, -0.25) is 9.52 Å². The van der Waals surface area contributed by atoms with Crippen molar-refractivity contribution in [3.63, 3.8) is 0 Å². The Kier molecular flexibility index (Phi) is 5.19. The molecule has 0 radical (unpaired) electrons. The lowest BCUT2D eigenvalue weighted by Crippen LogP contribution is -2.33. The predicted octanol–water partition coefficient (Wildman–Crippen LogP) is 2.17. The number of amides is 1. The molecule has 4 heterocycles. The number of carbonyl (C=O) groups excluding carboxylic acids is 1. The fourth-order valence-corrected chi connectivity index (χ4v) is 5.95. The third-order valence-corrected chi connectivity index (χ3v) is 7.74. The fraction of sp³-hybridized carbons (Fsp3) is 0.500. The average molecular weight is 457 g/mol. The number of hydrogen-bond donors (Lipinski definition) is 1. The zero-order chi connectivity index (χ0) is 22.5. The molecular formula is C22H28N6O3S. The van der Waals surface area contributed by atoms with Gasteiger partial charge in [-0.25, -0.2) is 13.4 Å². The largest absolute Gasteiger partial charge is 0.361 e. The van der Waals surface area contributed by atoms with Crippen LogP contribution in [0.15, 0.2) is 23.2 Å². The monoisotopic (exact) mass is 456 g/mol. The first-order chi connectivity index (χ1) is 15.3. The van der Waals surface area contributed by atoms with E-state index >= 15 is 0 Å². The molecule has 1 aromatic carbocycles. The maximum atomic E-state index is 13.3. The number of aromatic nitrogens is 2. The van der Waals surface area contributed by atoms with Gasteiger partial charge in [-0.2, -0.15) is 4.98 Å². The van der Waals surface area contributed by atoms with Crippen molar-refractivity contribution in [3.05, 3.63) is 29.5 Å². The van der Waals surface area contributed by atoms with Gasteiger partial charge in [0.05, 0.1) is 16.8 Å². The van der Waals surface area contributed by atoms with Crippen molar-refractivity contribution in [3.8, 4) is 0 Å². The lowest BCUT2D eigenvalue weighted by molar-refractivity contribution is -0.118. The summed E-state index contributed by atoms with van der Waals surface area (Å²) >= 11 is 0. The topological polar surface area (TPSA) is 98.7 Å². The zero-order valence-electron chi connectivity index (χ0n) is 18.5. The molecule has 5 rings (SSSR count). The molecule has 0 spiro atoms. The van der Waals surface area contributed by atoms with E-state index in [-0.39, 0.29) is 10.8 Å². The van der Waals surface area contributed by atoms with Crippen LogP contribution in [0.5, 0.6) is 0 Å². The summed E-state index contributed by atoms with van der Waals surface area (Å²) in [5.41, 5.74) is 3.09. The minimum atomic E-state index is -3.84. The summed E-state index contributed by atoms with van der Waals surface area (Å²) in [5, 5.41) is 0. The fourth-order valence-electron chi connectivity index (χ4n) is 4.81. The van der Waals surface area contributed by atoms with E-state index in [0.717, 1.165) is 42.7 Å². The van der Waals surface area contributed by atoms with Crippen LogP contribution in [0.1, 0.15) is 36.8 Å². The van der Waals surface area contributed by atoms with Crippen LogP contribution < -0.4 is 19.4 Å².